The molecule has 0 atom stereocenters. The third-order valence-corrected chi connectivity index (χ3v) is 1.77. The number of allylic oxidation sites excluding steroid dienone is 3. The molecule has 0 fully saturated rings. The number of benzene rings is 1. The Hall–Kier alpha value is -1.54. The van der Waals surface area contributed by atoms with E-state index in [1.807, 2.05) is 43.3 Å². The molecule has 0 bridgehead atoms. The van der Waals surface area contributed by atoms with Gasteiger partial charge in [-0.3, -0.25) is 5.01 Å². The number of para-hydroxylation sites is 1. The van der Waals surface area contributed by atoms with Crippen LogP contribution in [-0.2, 0) is 0 Å². The monoisotopic (exact) mass is 174 g/mol. The summed E-state index contributed by atoms with van der Waals surface area (Å²) in [5.74, 6) is 5.84. The molecule has 0 spiro atoms. The Morgan fingerprint density at radius 3 is 2.54 bits per heavy atom. The Bertz CT molecular complexity index is 301. The lowest BCUT2D eigenvalue weighted by Gasteiger charge is -2.18. The molecular weight excluding hydrogens is 160 g/mol. The summed E-state index contributed by atoms with van der Waals surface area (Å²) in [7, 11) is 0. The lowest BCUT2D eigenvalue weighted by Crippen LogP contribution is -2.28. The van der Waals surface area contributed by atoms with E-state index >= 15 is 0 Å². The summed E-state index contributed by atoms with van der Waals surface area (Å²) < 4.78 is 0. The maximum atomic E-state index is 5.84. The van der Waals surface area contributed by atoms with Crippen LogP contribution in [0.1, 0.15) is 6.92 Å². The molecule has 0 aliphatic rings. The van der Waals surface area contributed by atoms with Gasteiger partial charge in [0, 0.05) is 5.70 Å². The van der Waals surface area contributed by atoms with Crippen molar-refractivity contribution in [3.8, 4) is 0 Å². The van der Waals surface area contributed by atoms with E-state index in [1.54, 1.807) is 11.1 Å². The predicted octanol–water partition coefficient (Wildman–Crippen LogP) is 2.46. The maximum absolute atomic E-state index is 5.84. The molecule has 13 heavy (non-hydrogen) atoms. The van der Waals surface area contributed by atoms with Gasteiger partial charge in [0.15, 0.2) is 0 Å². The second-order valence-corrected chi connectivity index (χ2v) is 2.75. The molecule has 0 aliphatic carbocycles. The van der Waals surface area contributed by atoms with Gasteiger partial charge in [0.2, 0.25) is 0 Å². The highest BCUT2D eigenvalue weighted by atomic mass is 15.4. The van der Waals surface area contributed by atoms with E-state index < -0.39 is 0 Å². The van der Waals surface area contributed by atoms with E-state index in [4.69, 9.17) is 5.84 Å². The number of rotatable bonds is 3. The van der Waals surface area contributed by atoms with Gasteiger partial charge in [-0.25, -0.2) is 5.84 Å². The van der Waals surface area contributed by atoms with Crippen molar-refractivity contribution in [3.05, 3.63) is 54.8 Å². The summed E-state index contributed by atoms with van der Waals surface area (Å²) in [6, 6.07) is 9.79. The first-order valence-electron chi connectivity index (χ1n) is 4.15. The minimum absolute atomic E-state index is 0.959. The van der Waals surface area contributed by atoms with Crippen LogP contribution >= 0.6 is 0 Å². The van der Waals surface area contributed by atoms with Gasteiger partial charge in [-0.05, 0) is 25.1 Å². The number of hydrogen-bond donors (Lipinski definition) is 1. The van der Waals surface area contributed by atoms with Crippen LogP contribution in [0.3, 0.4) is 0 Å². The SMILES string of the molecule is C=C/C=C(\C)N(N)c1ccccc1. The van der Waals surface area contributed by atoms with Crippen LogP contribution in [0.15, 0.2) is 54.8 Å². The average molecular weight is 174 g/mol. The second kappa shape index (κ2) is 4.48. The molecule has 1 rings (SSSR count). The normalized spacial score (nSPS) is 11.1. The van der Waals surface area contributed by atoms with Crippen molar-refractivity contribution in [1.82, 2.24) is 0 Å². The fourth-order valence-electron chi connectivity index (χ4n) is 1.04. The summed E-state index contributed by atoms with van der Waals surface area (Å²) in [4.78, 5) is 0. The zero-order valence-corrected chi connectivity index (χ0v) is 7.77. The fourth-order valence-corrected chi connectivity index (χ4v) is 1.04. The van der Waals surface area contributed by atoms with Crippen LogP contribution in [0, 0.1) is 0 Å². The molecule has 68 valence electrons. The maximum Gasteiger partial charge on any atom is 0.0571 e. The van der Waals surface area contributed by atoms with Crippen molar-refractivity contribution in [3.63, 3.8) is 0 Å². The van der Waals surface area contributed by atoms with Gasteiger partial charge in [-0.1, -0.05) is 30.9 Å². The van der Waals surface area contributed by atoms with Gasteiger partial charge in [-0.15, -0.1) is 0 Å². The number of nitrogens with two attached hydrogens (primary N) is 1. The quantitative estimate of drug-likeness (QED) is 0.433. The van der Waals surface area contributed by atoms with Gasteiger partial charge < -0.3 is 0 Å². The summed E-state index contributed by atoms with van der Waals surface area (Å²) in [5, 5.41) is 1.63. The van der Waals surface area contributed by atoms with Crippen molar-refractivity contribution in [2.45, 2.75) is 6.92 Å². The fraction of sp³-hybridized carbons (Fsp3) is 0.0909. The Kier molecular flexibility index (Phi) is 3.29. The largest absolute Gasteiger partial charge is 0.284 e. The average Bonchev–Trinajstić information content (AvgIpc) is 2.18. The molecule has 0 unspecified atom stereocenters. The molecule has 2 N–H and O–H groups in total. The van der Waals surface area contributed by atoms with Gasteiger partial charge in [0.25, 0.3) is 0 Å². The molecule has 0 radical (unpaired) electrons. The Morgan fingerprint density at radius 1 is 1.38 bits per heavy atom. The standard InChI is InChI=1S/C11H14N2/c1-3-7-10(2)13(12)11-8-5-4-6-9-11/h3-9H,1,12H2,2H3/b10-7+. The van der Waals surface area contributed by atoms with Crippen LogP contribution in [0.25, 0.3) is 0 Å². The molecule has 0 aliphatic heterocycles. The van der Waals surface area contributed by atoms with E-state index in [0.29, 0.717) is 0 Å². The van der Waals surface area contributed by atoms with Crippen molar-refractivity contribution >= 4 is 5.69 Å². The zero-order valence-electron chi connectivity index (χ0n) is 7.77. The molecular formula is C11H14N2. The van der Waals surface area contributed by atoms with E-state index in [1.165, 1.54) is 0 Å². The molecule has 0 saturated carbocycles. The smallest absolute Gasteiger partial charge is 0.0571 e. The first-order valence-corrected chi connectivity index (χ1v) is 4.15. The minimum Gasteiger partial charge on any atom is -0.284 e. The van der Waals surface area contributed by atoms with Crippen molar-refractivity contribution in [1.29, 1.82) is 0 Å². The minimum atomic E-state index is 0.959. The Labute approximate surface area is 78.9 Å². The summed E-state index contributed by atoms with van der Waals surface area (Å²) in [6.07, 6.45) is 3.59. The topological polar surface area (TPSA) is 29.3 Å². The van der Waals surface area contributed by atoms with E-state index in [2.05, 4.69) is 6.58 Å². The van der Waals surface area contributed by atoms with Crippen molar-refractivity contribution in [2.24, 2.45) is 5.84 Å². The van der Waals surface area contributed by atoms with E-state index in [-0.39, 0.29) is 0 Å². The molecule has 0 amide bonds. The number of hydrogen-bond acceptors (Lipinski definition) is 2. The second-order valence-electron chi connectivity index (χ2n) is 2.75. The van der Waals surface area contributed by atoms with Crippen LogP contribution in [-0.4, -0.2) is 0 Å². The van der Waals surface area contributed by atoms with Crippen LogP contribution in [0.5, 0.6) is 0 Å². The number of hydrazine groups is 1. The molecule has 0 heterocycles. The third-order valence-electron chi connectivity index (χ3n) is 1.77. The zero-order chi connectivity index (χ0) is 9.68. The van der Waals surface area contributed by atoms with Gasteiger partial charge >= 0.3 is 0 Å². The number of anilines is 1. The van der Waals surface area contributed by atoms with Crippen LogP contribution < -0.4 is 10.9 Å². The third kappa shape index (κ3) is 2.46. The summed E-state index contributed by atoms with van der Waals surface area (Å²) in [6.45, 7) is 5.56. The Balaban J connectivity index is 2.85. The predicted molar refractivity (Wildman–Crippen MR) is 57.1 cm³/mol. The molecule has 2 nitrogen and oxygen atoms in total. The molecule has 1 aromatic rings. The molecule has 0 saturated heterocycles. The van der Waals surface area contributed by atoms with Crippen molar-refractivity contribution in [2.75, 3.05) is 5.01 Å². The lowest BCUT2D eigenvalue weighted by atomic mass is 10.3. The van der Waals surface area contributed by atoms with Crippen molar-refractivity contribution < 1.29 is 0 Å². The van der Waals surface area contributed by atoms with E-state index in [0.717, 1.165) is 11.4 Å². The molecule has 2 heteroatoms. The van der Waals surface area contributed by atoms with E-state index in [9.17, 15) is 0 Å². The summed E-state index contributed by atoms with van der Waals surface area (Å²) >= 11 is 0. The first-order chi connectivity index (χ1) is 6.25. The van der Waals surface area contributed by atoms with Gasteiger partial charge in [-0.2, -0.15) is 0 Å². The lowest BCUT2D eigenvalue weighted by molar-refractivity contribution is 0.995. The summed E-state index contributed by atoms with van der Waals surface area (Å²) in [5.41, 5.74) is 1.93. The Morgan fingerprint density at radius 2 is 2.00 bits per heavy atom. The number of nitrogens with zero attached hydrogens (tertiary/aromatic N) is 1. The molecule has 1 aromatic carbocycles. The van der Waals surface area contributed by atoms with Crippen LogP contribution in [0.2, 0.25) is 0 Å². The highest BCUT2D eigenvalue weighted by Gasteiger charge is 2.00. The van der Waals surface area contributed by atoms with Crippen LogP contribution in [0.4, 0.5) is 5.69 Å². The first kappa shape index (κ1) is 9.55. The highest BCUT2D eigenvalue weighted by molar-refractivity contribution is 5.49. The molecule has 0 aromatic heterocycles. The van der Waals surface area contributed by atoms with Gasteiger partial charge in [0.1, 0.15) is 0 Å². The van der Waals surface area contributed by atoms with Gasteiger partial charge in [0.05, 0.1) is 5.69 Å². The highest BCUT2D eigenvalue weighted by Crippen LogP contribution is 2.13.